The molecular weight excluding hydrogens is 192 g/mol. The summed E-state index contributed by atoms with van der Waals surface area (Å²) in [5.41, 5.74) is 5.61. The van der Waals surface area contributed by atoms with E-state index in [0.717, 1.165) is 18.7 Å². The third-order valence-corrected chi connectivity index (χ3v) is 1.97. The Kier molecular flexibility index (Phi) is 4.42. The molecule has 5 heteroatoms. The van der Waals surface area contributed by atoms with Gasteiger partial charge in [0.25, 0.3) is 0 Å². The fourth-order valence-electron chi connectivity index (χ4n) is 1.30. The number of nitrogens with two attached hydrogens (primary N) is 1. The lowest BCUT2D eigenvalue weighted by atomic mass is 10.3. The number of nitrogens with zero attached hydrogens (tertiary/aromatic N) is 3. The molecule has 1 aromatic heterocycles. The third-order valence-electron chi connectivity index (χ3n) is 1.97. The first-order chi connectivity index (χ1) is 7.17. The Morgan fingerprint density at radius 1 is 1.27 bits per heavy atom. The highest BCUT2D eigenvalue weighted by Gasteiger charge is 2.11. The van der Waals surface area contributed by atoms with Crippen molar-refractivity contribution in [2.45, 2.75) is 39.7 Å². The number of hydrogen-bond donors (Lipinski definition) is 1. The van der Waals surface area contributed by atoms with Crippen LogP contribution in [-0.4, -0.2) is 21.6 Å². The second kappa shape index (κ2) is 5.60. The van der Waals surface area contributed by atoms with E-state index in [0.29, 0.717) is 12.4 Å². The highest BCUT2D eigenvalue weighted by Crippen LogP contribution is 2.13. The van der Waals surface area contributed by atoms with Crippen LogP contribution in [0.3, 0.4) is 0 Å². The normalized spacial score (nSPS) is 12.7. The van der Waals surface area contributed by atoms with Crippen molar-refractivity contribution in [3.05, 3.63) is 11.6 Å². The van der Waals surface area contributed by atoms with Gasteiger partial charge in [0.05, 0.1) is 0 Å². The molecule has 0 radical (unpaired) electrons. The first-order valence-electron chi connectivity index (χ1n) is 5.29. The number of aromatic nitrogens is 3. The first kappa shape index (κ1) is 11.8. The van der Waals surface area contributed by atoms with E-state index in [9.17, 15) is 0 Å². The van der Waals surface area contributed by atoms with Crippen LogP contribution in [0.15, 0.2) is 0 Å². The van der Waals surface area contributed by atoms with Crippen molar-refractivity contribution < 1.29 is 4.74 Å². The maximum atomic E-state index is 5.61. The molecule has 0 spiro atoms. The van der Waals surface area contributed by atoms with Crippen molar-refractivity contribution in [3.63, 3.8) is 0 Å². The minimum atomic E-state index is -0.129. The predicted octanol–water partition coefficient (Wildman–Crippen LogP) is 1.50. The van der Waals surface area contributed by atoms with Crippen molar-refractivity contribution in [1.29, 1.82) is 0 Å². The summed E-state index contributed by atoms with van der Waals surface area (Å²) >= 11 is 0. The van der Waals surface area contributed by atoms with Crippen LogP contribution < -0.4 is 5.73 Å². The highest BCUT2D eigenvalue weighted by molar-refractivity contribution is 5.16. The molecule has 1 heterocycles. The zero-order valence-corrected chi connectivity index (χ0v) is 9.53. The highest BCUT2D eigenvalue weighted by atomic mass is 16.5. The van der Waals surface area contributed by atoms with E-state index in [2.05, 4.69) is 21.9 Å². The number of nitrogen functional groups attached to an aromatic ring is 1. The number of hydrogen-bond acceptors (Lipinski definition) is 5. The van der Waals surface area contributed by atoms with Crippen molar-refractivity contribution in [2.24, 2.45) is 0 Å². The van der Waals surface area contributed by atoms with E-state index >= 15 is 0 Å². The molecule has 15 heavy (non-hydrogen) atoms. The molecule has 1 atom stereocenters. The standard InChI is InChI=1S/C10H18N4O/c1-4-6-8-12-9(7(3)15-5-2)14-10(11)13-8/h7H,4-6H2,1-3H3,(H2,11,12,13,14). The Hall–Kier alpha value is -1.23. The summed E-state index contributed by atoms with van der Waals surface area (Å²) in [5, 5.41) is 0. The maximum Gasteiger partial charge on any atom is 0.223 e. The van der Waals surface area contributed by atoms with E-state index in [4.69, 9.17) is 10.5 Å². The molecule has 0 aliphatic carbocycles. The predicted molar refractivity (Wildman–Crippen MR) is 58.3 cm³/mol. The van der Waals surface area contributed by atoms with Gasteiger partial charge in [-0.25, -0.2) is 4.98 Å². The molecule has 0 amide bonds. The molecule has 0 aliphatic rings. The van der Waals surface area contributed by atoms with Gasteiger partial charge < -0.3 is 10.5 Å². The monoisotopic (exact) mass is 210 g/mol. The number of anilines is 1. The molecule has 0 aliphatic heterocycles. The van der Waals surface area contributed by atoms with Crippen LogP contribution in [-0.2, 0) is 11.2 Å². The Morgan fingerprint density at radius 3 is 2.60 bits per heavy atom. The van der Waals surface area contributed by atoms with Crippen LogP contribution in [0.5, 0.6) is 0 Å². The smallest absolute Gasteiger partial charge is 0.223 e. The second-order valence-electron chi connectivity index (χ2n) is 3.32. The molecule has 0 bridgehead atoms. The topological polar surface area (TPSA) is 73.9 Å². The van der Waals surface area contributed by atoms with Crippen LogP contribution >= 0.6 is 0 Å². The van der Waals surface area contributed by atoms with Gasteiger partial charge in [0, 0.05) is 13.0 Å². The minimum absolute atomic E-state index is 0.129. The lowest BCUT2D eigenvalue weighted by Crippen LogP contribution is -2.11. The molecule has 0 saturated heterocycles. The third kappa shape index (κ3) is 3.43. The van der Waals surface area contributed by atoms with Gasteiger partial charge in [-0.2, -0.15) is 9.97 Å². The van der Waals surface area contributed by atoms with E-state index in [1.807, 2.05) is 13.8 Å². The second-order valence-corrected chi connectivity index (χ2v) is 3.32. The molecular formula is C10H18N4O. The molecule has 2 N–H and O–H groups in total. The van der Waals surface area contributed by atoms with E-state index in [1.54, 1.807) is 0 Å². The largest absolute Gasteiger partial charge is 0.371 e. The number of ether oxygens (including phenoxy) is 1. The van der Waals surface area contributed by atoms with Gasteiger partial charge in [0.1, 0.15) is 11.9 Å². The summed E-state index contributed by atoms with van der Waals surface area (Å²) in [6, 6.07) is 0. The molecule has 1 rings (SSSR count). The number of rotatable bonds is 5. The molecule has 5 nitrogen and oxygen atoms in total. The molecule has 0 saturated carbocycles. The summed E-state index contributed by atoms with van der Waals surface area (Å²) in [6.45, 7) is 6.56. The van der Waals surface area contributed by atoms with Crippen molar-refractivity contribution in [2.75, 3.05) is 12.3 Å². The lowest BCUT2D eigenvalue weighted by molar-refractivity contribution is 0.0698. The van der Waals surface area contributed by atoms with Crippen molar-refractivity contribution in [1.82, 2.24) is 15.0 Å². The zero-order chi connectivity index (χ0) is 11.3. The van der Waals surface area contributed by atoms with Crippen molar-refractivity contribution >= 4 is 5.95 Å². The average Bonchev–Trinajstić information content (AvgIpc) is 2.17. The fraction of sp³-hybridized carbons (Fsp3) is 0.700. The zero-order valence-electron chi connectivity index (χ0n) is 9.53. The molecule has 84 valence electrons. The Morgan fingerprint density at radius 2 is 2.00 bits per heavy atom. The van der Waals surface area contributed by atoms with Crippen LogP contribution in [0.4, 0.5) is 5.95 Å². The van der Waals surface area contributed by atoms with Crippen LogP contribution in [0, 0.1) is 0 Å². The minimum Gasteiger partial charge on any atom is -0.371 e. The Bertz CT molecular complexity index is 316. The molecule has 1 unspecified atom stereocenters. The Labute approximate surface area is 90.1 Å². The summed E-state index contributed by atoms with van der Waals surface area (Å²) in [5.74, 6) is 1.63. The average molecular weight is 210 g/mol. The molecule has 0 aromatic carbocycles. The molecule has 0 fully saturated rings. The van der Waals surface area contributed by atoms with Crippen LogP contribution in [0.25, 0.3) is 0 Å². The SMILES string of the molecule is CCCc1nc(N)nc(C(C)OCC)n1. The van der Waals surface area contributed by atoms with Crippen LogP contribution in [0.1, 0.15) is 44.9 Å². The van der Waals surface area contributed by atoms with E-state index in [-0.39, 0.29) is 12.1 Å². The van der Waals surface area contributed by atoms with Crippen molar-refractivity contribution in [3.8, 4) is 0 Å². The van der Waals surface area contributed by atoms with Gasteiger partial charge in [-0.1, -0.05) is 6.92 Å². The summed E-state index contributed by atoms with van der Waals surface area (Å²) < 4.78 is 5.41. The number of aryl methyl sites for hydroxylation is 1. The van der Waals surface area contributed by atoms with Gasteiger partial charge in [0.15, 0.2) is 5.82 Å². The first-order valence-corrected chi connectivity index (χ1v) is 5.29. The summed E-state index contributed by atoms with van der Waals surface area (Å²) in [7, 11) is 0. The maximum absolute atomic E-state index is 5.61. The molecule has 1 aromatic rings. The van der Waals surface area contributed by atoms with E-state index < -0.39 is 0 Å². The van der Waals surface area contributed by atoms with Crippen LogP contribution in [0.2, 0.25) is 0 Å². The summed E-state index contributed by atoms with van der Waals surface area (Å²) in [4.78, 5) is 12.4. The van der Waals surface area contributed by atoms with Gasteiger partial charge in [-0.15, -0.1) is 0 Å². The summed E-state index contributed by atoms with van der Waals surface area (Å²) in [6.07, 6.45) is 1.68. The fourth-order valence-corrected chi connectivity index (χ4v) is 1.30. The van der Waals surface area contributed by atoms with Gasteiger partial charge in [-0.3, -0.25) is 0 Å². The lowest BCUT2D eigenvalue weighted by Gasteiger charge is -2.11. The Balaban J connectivity index is 2.87. The van der Waals surface area contributed by atoms with Gasteiger partial charge in [-0.05, 0) is 20.3 Å². The van der Waals surface area contributed by atoms with E-state index in [1.165, 1.54) is 0 Å². The van der Waals surface area contributed by atoms with Gasteiger partial charge >= 0.3 is 0 Å². The van der Waals surface area contributed by atoms with Gasteiger partial charge in [0.2, 0.25) is 5.95 Å². The quantitative estimate of drug-likeness (QED) is 0.797.